The second-order valence-electron chi connectivity index (χ2n) is 8.60. The molecule has 2 rings (SSSR count). The molecule has 1 saturated heterocycles. The molecule has 142 valence electrons. The van der Waals surface area contributed by atoms with E-state index < -0.39 is 10.0 Å². The predicted molar refractivity (Wildman–Crippen MR) is 106 cm³/mol. The summed E-state index contributed by atoms with van der Waals surface area (Å²) in [5, 5.41) is 0. The highest BCUT2D eigenvalue weighted by Crippen LogP contribution is 2.37. The van der Waals surface area contributed by atoms with Crippen LogP contribution in [0.3, 0.4) is 0 Å². The van der Waals surface area contributed by atoms with Crippen molar-refractivity contribution < 1.29 is 8.42 Å². The monoisotopic (exact) mass is 365 g/mol. The van der Waals surface area contributed by atoms with Gasteiger partial charge in [-0.25, -0.2) is 8.42 Å². The molecular formula is C21H35NO2S. The van der Waals surface area contributed by atoms with Crippen LogP contribution in [0, 0.1) is 5.92 Å². The zero-order chi connectivity index (χ0) is 18.9. The molecule has 1 heterocycles. The first-order valence-electron chi connectivity index (χ1n) is 9.73. The Labute approximate surface area is 154 Å². The lowest BCUT2D eigenvalue weighted by Gasteiger charge is -2.32. The molecule has 3 nitrogen and oxygen atoms in total. The lowest BCUT2D eigenvalue weighted by molar-refractivity contribution is 0.281. The summed E-state index contributed by atoms with van der Waals surface area (Å²) in [6, 6.07) is 4.25. The van der Waals surface area contributed by atoms with E-state index >= 15 is 0 Å². The molecule has 1 fully saturated rings. The van der Waals surface area contributed by atoms with E-state index in [2.05, 4.69) is 60.6 Å². The van der Waals surface area contributed by atoms with Gasteiger partial charge in [0.2, 0.25) is 10.0 Å². The van der Waals surface area contributed by atoms with Crippen molar-refractivity contribution in [3.8, 4) is 0 Å². The fraction of sp³-hybridized carbons (Fsp3) is 0.714. The molecule has 0 unspecified atom stereocenters. The summed E-state index contributed by atoms with van der Waals surface area (Å²) in [6.07, 6.45) is 2.07. The number of nitrogens with zero attached hydrogens (tertiary/aromatic N) is 1. The maximum absolute atomic E-state index is 13.6. The van der Waals surface area contributed by atoms with Crippen LogP contribution in [0.5, 0.6) is 0 Å². The summed E-state index contributed by atoms with van der Waals surface area (Å²) in [5.74, 6) is 1.19. The van der Waals surface area contributed by atoms with Crippen molar-refractivity contribution in [2.24, 2.45) is 5.92 Å². The van der Waals surface area contributed by atoms with Gasteiger partial charge >= 0.3 is 0 Å². The highest BCUT2D eigenvalue weighted by atomic mass is 32.2. The van der Waals surface area contributed by atoms with Crippen molar-refractivity contribution in [2.75, 3.05) is 13.1 Å². The number of rotatable bonds is 5. The first-order valence-corrected chi connectivity index (χ1v) is 11.2. The number of hydrogen-bond acceptors (Lipinski definition) is 2. The minimum Gasteiger partial charge on any atom is -0.207 e. The van der Waals surface area contributed by atoms with Gasteiger partial charge in [-0.05, 0) is 53.2 Å². The molecule has 0 amide bonds. The third-order valence-electron chi connectivity index (χ3n) is 5.30. The van der Waals surface area contributed by atoms with Gasteiger partial charge in [0.1, 0.15) is 0 Å². The Morgan fingerprint density at radius 2 is 1.48 bits per heavy atom. The molecule has 1 aromatic rings. The Morgan fingerprint density at radius 3 is 1.88 bits per heavy atom. The van der Waals surface area contributed by atoms with Gasteiger partial charge in [0, 0.05) is 13.1 Å². The van der Waals surface area contributed by atoms with Crippen LogP contribution < -0.4 is 0 Å². The van der Waals surface area contributed by atoms with E-state index in [4.69, 9.17) is 0 Å². The molecule has 0 bridgehead atoms. The largest absolute Gasteiger partial charge is 0.243 e. The molecule has 1 aliphatic heterocycles. The van der Waals surface area contributed by atoms with Crippen molar-refractivity contribution in [1.29, 1.82) is 0 Å². The molecular weight excluding hydrogens is 330 g/mol. The molecule has 4 heteroatoms. The van der Waals surface area contributed by atoms with Crippen LogP contribution in [0.25, 0.3) is 0 Å². The van der Waals surface area contributed by atoms with Crippen molar-refractivity contribution in [1.82, 2.24) is 4.31 Å². The Hall–Kier alpha value is -0.870. The van der Waals surface area contributed by atoms with Gasteiger partial charge in [0.15, 0.2) is 0 Å². The molecule has 0 aliphatic carbocycles. The molecule has 1 aliphatic rings. The fourth-order valence-corrected chi connectivity index (χ4v) is 5.94. The third kappa shape index (κ3) is 4.28. The van der Waals surface area contributed by atoms with Crippen molar-refractivity contribution >= 4 is 10.0 Å². The number of hydrogen-bond donors (Lipinski definition) is 0. The van der Waals surface area contributed by atoms with E-state index in [9.17, 15) is 8.42 Å². The molecule has 0 radical (unpaired) electrons. The van der Waals surface area contributed by atoms with Crippen molar-refractivity contribution in [3.05, 3.63) is 28.8 Å². The molecule has 1 atom stereocenters. The average Bonchev–Trinajstić information content (AvgIpc) is 2.53. The van der Waals surface area contributed by atoms with E-state index in [-0.39, 0.29) is 11.8 Å². The minimum absolute atomic E-state index is 0.184. The topological polar surface area (TPSA) is 37.4 Å². The highest BCUT2D eigenvalue weighted by molar-refractivity contribution is 7.89. The second kappa shape index (κ2) is 7.79. The number of piperidine rings is 1. The van der Waals surface area contributed by atoms with Gasteiger partial charge in [-0.3, -0.25) is 0 Å². The first-order chi connectivity index (χ1) is 11.6. The summed E-state index contributed by atoms with van der Waals surface area (Å²) in [7, 11) is -3.46. The van der Waals surface area contributed by atoms with Crippen LogP contribution >= 0.6 is 0 Å². The summed E-state index contributed by atoms with van der Waals surface area (Å²) in [4.78, 5) is 0.580. The fourth-order valence-electron chi connectivity index (χ4n) is 3.68. The molecule has 0 N–H and O–H groups in total. The lowest BCUT2D eigenvalue weighted by Crippen LogP contribution is -2.40. The van der Waals surface area contributed by atoms with E-state index in [1.54, 1.807) is 4.31 Å². The molecule has 0 spiro atoms. The Kier molecular flexibility index (Phi) is 6.37. The van der Waals surface area contributed by atoms with E-state index in [1.807, 2.05) is 0 Å². The number of sulfonamides is 1. The zero-order valence-electron chi connectivity index (χ0n) is 17.0. The second-order valence-corrected chi connectivity index (χ2v) is 10.5. The van der Waals surface area contributed by atoms with Gasteiger partial charge < -0.3 is 0 Å². The molecule has 0 aromatic heterocycles. The van der Waals surface area contributed by atoms with E-state index in [1.165, 1.54) is 5.56 Å². The van der Waals surface area contributed by atoms with Crippen LogP contribution in [-0.2, 0) is 10.0 Å². The van der Waals surface area contributed by atoms with Gasteiger partial charge in [0.05, 0.1) is 4.90 Å². The van der Waals surface area contributed by atoms with Gasteiger partial charge in [0.25, 0.3) is 0 Å². The Morgan fingerprint density at radius 1 is 0.960 bits per heavy atom. The van der Waals surface area contributed by atoms with Crippen molar-refractivity contribution in [2.45, 2.75) is 84.0 Å². The van der Waals surface area contributed by atoms with E-state index in [0.717, 1.165) is 24.0 Å². The number of benzene rings is 1. The van der Waals surface area contributed by atoms with Crippen LogP contribution in [0.1, 0.15) is 95.8 Å². The summed E-state index contributed by atoms with van der Waals surface area (Å²) >= 11 is 0. The maximum Gasteiger partial charge on any atom is 0.243 e. The maximum atomic E-state index is 13.6. The average molecular weight is 366 g/mol. The Balaban J connectivity index is 2.69. The quantitative estimate of drug-likeness (QED) is 0.693. The third-order valence-corrected chi connectivity index (χ3v) is 7.30. The highest BCUT2D eigenvalue weighted by Gasteiger charge is 2.34. The summed E-state index contributed by atoms with van der Waals surface area (Å²) in [6.45, 7) is 16.2. The Bertz CT molecular complexity index is 676. The molecule has 25 heavy (non-hydrogen) atoms. The lowest BCUT2D eigenvalue weighted by atomic mass is 9.89. The van der Waals surface area contributed by atoms with E-state index in [0.29, 0.717) is 29.8 Å². The molecule has 0 saturated carbocycles. The normalized spacial score (nSPS) is 20.0. The first kappa shape index (κ1) is 20.4. The molecule has 1 aromatic carbocycles. The van der Waals surface area contributed by atoms with Gasteiger partial charge in [-0.15, -0.1) is 0 Å². The summed E-state index contributed by atoms with van der Waals surface area (Å²) < 4.78 is 28.9. The van der Waals surface area contributed by atoms with Crippen LogP contribution in [0.4, 0.5) is 0 Å². The zero-order valence-corrected chi connectivity index (χ0v) is 17.8. The van der Waals surface area contributed by atoms with Gasteiger partial charge in [-0.1, -0.05) is 60.6 Å². The van der Waals surface area contributed by atoms with Crippen molar-refractivity contribution in [3.63, 3.8) is 0 Å². The van der Waals surface area contributed by atoms with Gasteiger partial charge in [-0.2, -0.15) is 4.31 Å². The van der Waals surface area contributed by atoms with Crippen LogP contribution in [0.15, 0.2) is 17.0 Å². The summed E-state index contributed by atoms with van der Waals surface area (Å²) in [5.41, 5.74) is 3.19. The van der Waals surface area contributed by atoms with Crippen LogP contribution in [0.2, 0.25) is 0 Å². The smallest absolute Gasteiger partial charge is 0.207 e. The van der Waals surface area contributed by atoms with Crippen LogP contribution in [-0.4, -0.2) is 25.8 Å². The predicted octanol–water partition coefficient (Wildman–Crippen LogP) is 5.48. The SMILES string of the molecule is CC(C)c1cc(C(C)C)c(S(=O)(=O)N2CCC[C@H](C)C2)c(C(C)C)c1. The standard InChI is InChI=1S/C21H35NO2S/c1-14(2)18-11-19(15(3)4)21(20(12-18)16(5)6)25(23,24)22-10-8-9-17(7)13-22/h11-12,14-17H,8-10,13H2,1-7H3/t17-/m0/s1. The minimum atomic E-state index is -3.46.